The maximum Gasteiger partial charge on any atom is 0.0680 e. The van der Waals surface area contributed by atoms with Crippen molar-refractivity contribution in [2.24, 2.45) is 5.92 Å². The number of hydrogen-bond acceptors (Lipinski definition) is 3. The van der Waals surface area contributed by atoms with Gasteiger partial charge in [0.05, 0.1) is 6.67 Å². The molecule has 0 bridgehead atoms. The van der Waals surface area contributed by atoms with Gasteiger partial charge in [0.2, 0.25) is 0 Å². The molecule has 1 aromatic carbocycles. The molecular weight excluding hydrogens is 446 g/mol. The lowest BCUT2D eigenvalue weighted by atomic mass is 9.90. The molecule has 160 valence electrons. The van der Waals surface area contributed by atoms with Crippen LogP contribution >= 0.6 is 27.5 Å². The zero-order valence-electron chi connectivity index (χ0n) is 17.5. The molecule has 3 aliphatic rings. The van der Waals surface area contributed by atoms with Crippen molar-refractivity contribution in [3.05, 3.63) is 45.0 Å². The van der Waals surface area contributed by atoms with Gasteiger partial charge in [-0.05, 0) is 81.3 Å². The normalized spacial score (nSPS) is 23.0. The van der Waals surface area contributed by atoms with E-state index in [9.17, 15) is 0 Å². The highest BCUT2D eigenvalue weighted by atomic mass is 79.9. The van der Waals surface area contributed by atoms with Crippen LogP contribution < -0.4 is 5.32 Å². The van der Waals surface area contributed by atoms with Crippen LogP contribution in [0.5, 0.6) is 0 Å². The zero-order valence-corrected chi connectivity index (χ0v) is 19.9. The molecule has 1 saturated heterocycles. The molecular formula is C24H35BrClN3. The molecule has 0 amide bonds. The Balaban J connectivity index is 1.17. The van der Waals surface area contributed by atoms with Gasteiger partial charge in [-0.1, -0.05) is 52.9 Å². The molecule has 0 aromatic heterocycles. The summed E-state index contributed by atoms with van der Waals surface area (Å²) >= 11 is 9.86. The number of nitrogens with one attached hydrogen (secondary N) is 1. The van der Waals surface area contributed by atoms with Crippen molar-refractivity contribution in [2.75, 3.05) is 32.8 Å². The van der Waals surface area contributed by atoms with Gasteiger partial charge >= 0.3 is 0 Å². The van der Waals surface area contributed by atoms with Crippen molar-refractivity contribution in [1.82, 2.24) is 15.1 Å². The Hall–Kier alpha value is -0.550. The van der Waals surface area contributed by atoms with Crippen LogP contribution in [0.3, 0.4) is 0 Å². The lowest BCUT2D eigenvalue weighted by Gasteiger charge is -2.37. The first-order chi connectivity index (χ1) is 14.2. The smallest absolute Gasteiger partial charge is 0.0680 e. The first-order valence-corrected chi connectivity index (χ1v) is 12.7. The minimum atomic E-state index is 0.775. The number of nitrogens with zero attached hydrogens (tertiary/aromatic N) is 2. The van der Waals surface area contributed by atoms with E-state index in [1.165, 1.54) is 86.7 Å². The van der Waals surface area contributed by atoms with Crippen LogP contribution in [0.15, 0.2) is 34.4 Å². The number of likely N-dealkylation sites (tertiary alicyclic amines) is 1. The van der Waals surface area contributed by atoms with Crippen LogP contribution in [0.4, 0.5) is 0 Å². The first kappa shape index (κ1) is 21.7. The molecule has 4 rings (SSSR count). The minimum Gasteiger partial charge on any atom is -0.376 e. The minimum absolute atomic E-state index is 0.775. The summed E-state index contributed by atoms with van der Waals surface area (Å²) in [6.45, 7) is 5.83. The van der Waals surface area contributed by atoms with Crippen molar-refractivity contribution < 1.29 is 0 Å². The monoisotopic (exact) mass is 479 g/mol. The van der Waals surface area contributed by atoms with Gasteiger partial charge in [-0.25, -0.2) is 0 Å². The zero-order chi connectivity index (χ0) is 20.1. The number of rotatable bonds is 6. The molecule has 1 saturated carbocycles. The molecule has 2 heterocycles. The van der Waals surface area contributed by atoms with Crippen LogP contribution in [-0.4, -0.2) is 48.7 Å². The van der Waals surface area contributed by atoms with Crippen molar-refractivity contribution in [2.45, 2.75) is 63.8 Å². The van der Waals surface area contributed by atoms with E-state index >= 15 is 0 Å². The summed E-state index contributed by atoms with van der Waals surface area (Å²) in [7, 11) is 0. The van der Waals surface area contributed by atoms with Gasteiger partial charge in [0.15, 0.2) is 0 Å². The second-order valence-electron chi connectivity index (χ2n) is 9.10. The Labute approximate surface area is 190 Å². The lowest BCUT2D eigenvalue weighted by Crippen LogP contribution is -2.46. The molecule has 5 heteroatoms. The van der Waals surface area contributed by atoms with Gasteiger partial charge in [-0.2, -0.15) is 0 Å². The number of hydrogen-bond donors (Lipinski definition) is 1. The molecule has 2 aliphatic heterocycles. The molecule has 0 radical (unpaired) electrons. The average molecular weight is 481 g/mol. The van der Waals surface area contributed by atoms with Crippen LogP contribution in [0.25, 0.3) is 0 Å². The SMILES string of the molecule is Clc1ccc(Br)c(CC2CCN(CCC3=CCN(C4CCCCC4)CN3)CC2)c1. The van der Waals surface area contributed by atoms with E-state index in [0.717, 1.165) is 36.6 Å². The summed E-state index contributed by atoms with van der Waals surface area (Å²) in [4.78, 5) is 5.29. The van der Waals surface area contributed by atoms with Crippen LogP contribution in [0.1, 0.15) is 56.9 Å². The number of piperidine rings is 1. The summed E-state index contributed by atoms with van der Waals surface area (Å²) in [6, 6.07) is 6.97. The standard InChI is InChI=1S/C24H35BrClN3/c25-24-7-6-21(26)17-20(24)16-19-8-12-28(13-9-19)14-10-22-11-15-29(18-27-22)23-4-2-1-3-5-23/h6-7,11,17,19,23,27H,1-5,8-10,12-16,18H2. The average Bonchev–Trinajstić information content (AvgIpc) is 2.77. The Morgan fingerprint density at radius 2 is 1.86 bits per heavy atom. The Morgan fingerprint density at radius 3 is 2.59 bits per heavy atom. The second kappa shape index (κ2) is 10.7. The van der Waals surface area contributed by atoms with Crippen LogP contribution in [0, 0.1) is 5.92 Å². The molecule has 1 aromatic rings. The second-order valence-corrected chi connectivity index (χ2v) is 10.4. The molecule has 0 spiro atoms. The van der Waals surface area contributed by atoms with Gasteiger partial charge in [-0.3, -0.25) is 4.90 Å². The fraction of sp³-hybridized carbons (Fsp3) is 0.667. The van der Waals surface area contributed by atoms with E-state index < -0.39 is 0 Å². The highest BCUT2D eigenvalue weighted by molar-refractivity contribution is 9.10. The van der Waals surface area contributed by atoms with Crippen molar-refractivity contribution in [3.63, 3.8) is 0 Å². The fourth-order valence-corrected chi connectivity index (χ4v) is 5.79. The molecule has 3 nitrogen and oxygen atoms in total. The van der Waals surface area contributed by atoms with Crippen molar-refractivity contribution >= 4 is 27.5 Å². The van der Waals surface area contributed by atoms with Gasteiger partial charge in [0.1, 0.15) is 0 Å². The van der Waals surface area contributed by atoms with E-state index in [4.69, 9.17) is 11.6 Å². The quantitative estimate of drug-likeness (QED) is 0.553. The Morgan fingerprint density at radius 1 is 1.07 bits per heavy atom. The topological polar surface area (TPSA) is 18.5 Å². The maximum atomic E-state index is 6.18. The third kappa shape index (κ3) is 6.22. The highest BCUT2D eigenvalue weighted by Crippen LogP contribution is 2.28. The molecule has 29 heavy (non-hydrogen) atoms. The summed E-state index contributed by atoms with van der Waals surface area (Å²) in [5.74, 6) is 0.775. The maximum absolute atomic E-state index is 6.18. The van der Waals surface area contributed by atoms with E-state index in [0.29, 0.717) is 0 Å². The predicted molar refractivity (Wildman–Crippen MR) is 126 cm³/mol. The van der Waals surface area contributed by atoms with Gasteiger partial charge in [-0.15, -0.1) is 0 Å². The van der Waals surface area contributed by atoms with Crippen LogP contribution in [0.2, 0.25) is 5.02 Å². The summed E-state index contributed by atoms with van der Waals surface area (Å²) < 4.78 is 1.20. The van der Waals surface area contributed by atoms with Gasteiger partial charge < -0.3 is 10.2 Å². The lowest BCUT2D eigenvalue weighted by molar-refractivity contribution is 0.152. The van der Waals surface area contributed by atoms with E-state index in [1.807, 2.05) is 6.07 Å². The van der Waals surface area contributed by atoms with Crippen molar-refractivity contribution in [1.29, 1.82) is 0 Å². The van der Waals surface area contributed by atoms with E-state index in [1.54, 1.807) is 0 Å². The number of benzene rings is 1. The molecule has 1 aliphatic carbocycles. The van der Waals surface area contributed by atoms with E-state index in [-0.39, 0.29) is 0 Å². The fourth-order valence-electron chi connectivity index (χ4n) is 5.19. The summed E-state index contributed by atoms with van der Waals surface area (Å²) in [5.41, 5.74) is 2.82. The highest BCUT2D eigenvalue weighted by Gasteiger charge is 2.23. The van der Waals surface area contributed by atoms with Gasteiger partial charge in [0, 0.05) is 34.3 Å². The molecule has 1 N–H and O–H groups in total. The largest absolute Gasteiger partial charge is 0.376 e. The number of halogens is 2. The van der Waals surface area contributed by atoms with Crippen molar-refractivity contribution in [3.8, 4) is 0 Å². The van der Waals surface area contributed by atoms with Crippen LogP contribution in [-0.2, 0) is 6.42 Å². The molecule has 2 fully saturated rings. The Bertz CT molecular complexity index is 693. The Kier molecular flexibility index (Phi) is 7.96. The third-order valence-corrected chi connectivity index (χ3v) is 8.10. The molecule has 0 unspecified atom stereocenters. The summed E-state index contributed by atoms with van der Waals surface area (Å²) in [6.07, 6.45) is 14.4. The predicted octanol–water partition coefficient (Wildman–Crippen LogP) is 5.83. The first-order valence-electron chi connectivity index (χ1n) is 11.5. The molecule has 0 atom stereocenters. The van der Waals surface area contributed by atoms with Gasteiger partial charge in [0.25, 0.3) is 0 Å². The third-order valence-electron chi connectivity index (χ3n) is 7.09. The van der Waals surface area contributed by atoms with E-state index in [2.05, 4.69) is 49.3 Å². The summed E-state index contributed by atoms with van der Waals surface area (Å²) in [5, 5.41) is 4.55.